The highest BCUT2D eigenvalue weighted by Gasteiger charge is 2.41. The number of methoxy groups -OCH3 is 2. The number of anilines is 3. The zero-order valence-electron chi connectivity index (χ0n) is 21.9. The molecule has 0 bridgehead atoms. The third-order valence-corrected chi connectivity index (χ3v) is 8.01. The van der Waals surface area contributed by atoms with Crippen molar-refractivity contribution in [2.24, 2.45) is 0 Å². The van der Waals surface area contributed by atoms with Gasteiger partial charge in [-0.05, 0) is 84.6 Å². The Labute approximate surface area is 239 Å². The van der Waals surface area contributed by atoms with Crippen LogP contribution in [0.3, 0.4) is 0 Å². The molecule has 2 heterocycles. The van der Waals surface area contributed by atoms with E-state index in [0.29, 0.717) is 33.4 Å². The Morgan fingerprint density at radius 2 is 1.60 bits per heavy atom. The van der Waals surface area contributed by atoms with Gasteiger partial charge in [-0.3, -0.25) is 14.4 Å². The monoisotopic (exact) mass is 571 g/mol. The van der Waals surface area contributed by atoms with Gasteiger partial charge in [-0.2, -0.15) is 0 Å². The second kappa shape index (κ2) is 11.7. The number of thioether (sulfide) groups is 1. The van der Waals surface area contributed by atoms with Crippen molar-refractivity contribution in [2.45, 2.75) is 11.8 Å². The third kappa shape index (κ3) is 5.58. The van der Waals surface area contributed by atoms with E-state index in [2.05, 4.69) is 10.6 Å². The Morgan fingerprint density at radius 1 is 0.875 bits per heavy atom. The van der Waals surface area contributed by atoms with E-state index in [9.17, 15) is 14.4 Å². The molecule has 8 nitrogen and oxygen atoms in total. The number of carbonyl (C=O) groups is 3. The van der Waals surface area contributed by atoms with Crippen molar-refractivity contribution >= 4 is 57.9 Å². The number of carbonyl (C=O) groups excluding carboxylic acids is 3. The highest BCUT2D eigenvalue weighted by molar-refractivity contribution is 8.04. The molecule has 0 unspecified atom stereocenters. The van der Waals surface area contributed by atoms with Crippen LogP contribution in [0.5, 0.6) is 11.5 Å². The van der Waals surface area contributed by atoms with Crippen LogP contribution in [0.25, 0.3) is 0 Å². The molecule has 0 fully saturated rings. The first kappa shape index (κ1) is 27.0. The summed E-state index contributed by atoms with van der Waals surface area (Å²) >= 11 is 2.53. The van der Waals surface area contributed by atoms with Gasteiger partial charge in [0.05, 0.1) is 24.8 Å². The van der Waals surface area contributed by atoms with Crippen LogP contribution in [0.15, 0.2) is 99.7 Å². The molecule has 0 atom stereocenters. The second-order valence-corrected chi connectivity index (χ2v) is 10.8. The molecule has 3 amide bonds. The molecule has 10 heteroatoms. The SMILES string of the molecule is COc1ccc(NC2=C(Sc3ccc(NC(=O)c4cccs4)cc3)C(=O)N(c3cc(C)ccc3OC)C2=O)cc1. The van der Waals surface area contributed by atoms with Gasteiger partial charge in [-0.25, -0.2) is 4.90 Å². The van der Waals surface area contributed by atoms with Crippen LogP contribution >= 0.6 is 23.1 Å². The molecule has 0 saturated carbocycles. The van der Waals surface area contributed by atoms with Gasteiger partial charge in [0, 0.05) is 16.3 Å². The Bertz CT molecular complexity index is 1600. The van der Waals surface area contributed by atoms with Gasteiger partial charge in [0.25, 0.3) is 17.7 Å². The largest absolute Gasteiger partial charge is 0.497 e. The summed E-state index contributed by atoms with van der Waals surface area (Å²) in [5, 5.41) is 7.85. The Hall–Kier alpha value is -4.54. The number of amides is 3. The van der Waals surface area contributed by atoms with E-state index in [1.165, 1.54) is 30.2 Å². The van der Waals surface area contributed by atoms with Crippen molar-refractivity contribution in [1.29, 1.82) is 0 Å². The first-order chi connectivity index (χ1) is 19.4. The Balaban J connectivity index is 1.46. The molecule has 3 aromatic carbocycles. The summed E-state index contributed by atoms with van der Waals surface area (Å²) in [6.07, 6.45) is 0. The number of thiophene rings is 1. The fourth-order valence-electron chi connectivity index (χ4n) is 4.05. The predicted octanol–water partition coefficient (Wildman–Crippen LogP) is 6.32. The number of rotatable bonds is 9. The molecule has 0 saturated heterocycles. The standard InChI is InChI=1S/C30H25N3O5S2/c1-18-6-15-24(38-3)23(17-18)33-29(35)26(31-19-7-11-21(37-2)12-8-19)27(30(33)36)40-22-13-9-20(10-14-22)32-28(34)25-5-4-16-39-25/h4-17,31H,1-3H3,(H,32,34). The van der Waals surface area contributed by atoms with Crippen LogP contribution in [0.2, 0.25) is 0 Å². The Kier molecular flexibility index (Phi) is 7.90. The quantitative estimate of drug-likeness (QED) is 0.227. The maximum Gasteiger partial charge on any atom is 0.283 e. The first-order valence-electron chi connectivity index (χ1n) is 12.2. The molecule has 1 aromatic heterocycles. The van der Waals surface area contributed by atoms with Gasteiger partial charge in [-0.15, -0.1) is 11.3 Å². The molecular weight excluding hydrogens is 546 g/mol. The molecule has 5 rings (SSSR count). The average Bonchev–Trinajstić information content (AvgIpc) is 3.58. The number of aryl methyl sites for hydroxylation is 1. The number of ether oxygens (including phenoxy) is 2. The fraction of sp³-hybridized carbons (Fsp3) is 0.100. The summed E-state index contributed by atoms with van der Waals surface area (Å²) in [6, 6.07) is 23.1. The molecule has 4 aromatic rings. The minimum absolute atomic E-state index is 0.152. The molecule has 40 heavy (non-hydrogen) atoms. The number of benzene rings is 3. The van der Waals surface area contributed by atoms with Crippen LogP contribution in [-0.4, -0.2) is 31.9 Å². The van der Waals surface area contributed by atoms with Crippen molar-refractivity contribution in [3.8, 4) is 11.5 Å². The summed E-state index contributed by atoms with van der Waals surface area (Å²) in [7, 11) is 3.07. The number of imide groups is 1. The minimum atomic E-state index is -0.493. The van der Waals surface area contributed by atoms with Crippen molar-refractivity contribution in [3.05, 3.63) is 105 Å². The van der Waals surface area contributed by atoms with E-state index >= 15 is 0 Å². The van der Waals surface area contributed by atoms with Gasteiger partial charge in [0.1, 0.15) is 22.1 Å². The first-order valence-corrected chi connectivity index (χ1v) is 13.9. The summed E-state index contributed by atoms with van der Waals surface area (Å²) in [5.74, 6) is -0.0750. The lowest BCUT2D eigenvalue weighted by molar-refractivity contribution is -0.120. The van der Waals surface area contributed by atoms with Crippen LogP contribution in [-0.2, 0) is 9.59 Å². The van der Waals surface area contributed by atoms with Crippen LogP contribution in [0.1, 0.15) is 15.2 Å². The summed E-state index contributed by atoms with van der Waals surface area (Å²) in [4.78, 5) is 42.7. The maximum atomic E-state index is 13.8. The van der Waals surface area contributed by atoms with E-state index in [1.54, 1.807) is 73.8 Å². The number of hydrogen-bond acceptors (Lipinski definition) is 8. The number of hydrogen-bond donors (Lipinski definition) is 2. The highest BCUT2D eigenvalue weighted by Crippen LogP contribution is 2.41. The smallest absolute Gasteiger partial charge is 0.283 e. The molecule has 1 aliphatic rings. The van der Waals surface area contributed by atoms with Gasteiger partial charge < -0.3 is 20.1 Å². The lowest BCUT2D eigenvalue weighted by Gasteiger charge is -2.19. The van der Waals surface area contributed by atoms with E-state index in [0.717, 1.165) is 15.4 Å². The highest BCUT2D eigenvalue weighted by atomic mass is 32.2. The van der Waals surface area contributed by atoms with Crippen molar-refractivity contribution in [3.63, 3.8) is 0 Å². The van der Waals surface area contributed by atoms with Crippen LogP contribution in [0, 0.1) is 6.92 Å². The van der Waals surface area contributed by atoms with Gasteiger partial charge in [-0.1, -0.05) is 23.9 Å². The van der Waals surface area contributed by atoms with Crippen molar-refractivity contribution in [1.82, 2.24) is 0 Å². The molecule has 0 spiro atoms. The molecule has 202 valence electrons. The van der Waals surface area contributed by atoms with Gasteiger partial charge in [0.2, 0.25) is 0 Å². The molecule has 0 radical (unpaired) electrons. The molecule has 1 aliphatic heterocycles. The Morgan fingerprint density at radius 3 is 2.25 bits per heavy atom. The lowest BCUT2D eigenvalue weighted by atomic mass is 10.2. The second-order valence-electron chi connectivity index (χ2n) is 8.74. The van der Waals surface area contributed by atoms with Gasteiger partial charge in [0.15, 0.2) is 0 Å². The maximum absolute atomic E-state index is 13.8. The molecule has 0 aliphatic carbocycles. The van der Waals surface area contributed by atoms with E-state index in [4.69, 9.17) is 9.47 Å². The minimum Gasteiger partial charge on any atom is -0.497 e. The summed E-state index contributed by atoms with van der Waals surface area (Å²) in [5.41, 5.74) is 2.64. The zero-order chi connectivity index (χ0) is 28.2. The average molecular weight is 572 g/mol. The number of nitrogens with one attached hydrogen (secondary N) is 2. The zero-order valence-corrected chi connectivity index (χ0v) is 23.5. The normalized spacial score (nSPS) is 13.0. The lowest BCUT2D eigenvalue weighted by Crippen LogP contribution is -2.32. The van der Waals surface area contributed by atoms with E-state index in [-0.39, 0.29) is 16.5 Å². The third-order valence-electron chi connectivity index (χ3n) is 6.05. The summed E-state index contributed by atoms with van der Waals surface area (Å²) in [6.45, 7) is 1.88. The van der Waals surface area contributed by atoms with Crippen molar-refractivity contribution < 1.29 is 23.9 Å². The number of nitrogens with zero attached hydrogens (tertiary/aromatic N) is 1. The predicted molar refractivity (Wildman–Crippen MR) is 158 cm³/mol. The van der Waals surface area contributed by atoms with E-state index < -0.39 is 11.8 Å². The van der Waals surface area contributed by atoms with E-state index in [1.807, 2.05) is 24.4 Å². The van der Waals surface area contributed by atoms with Crippen molar-refractivity contribution in [2.75, 3.05) is 29.8 Å². The summed E-state index contributed by atoms with van der Waals surface area (Å²) < 4.78 is 10.7. The molecule has 2 N–H and O–H groups in total. The van der Waals surface area contributed by atoms with Gasteiger partial charge >= 0.3 is 0 Å². The van der Waals surface area contributed by atoms with Crippen LogP contribution in [0.4, 0.5) is 17.1 Å². The topological polar surface area (TPSA) is 97.0 Å². The molecular formula is C30H25N3O5S2. The van der Waals surface area contributed by atoms with Crippen LogP contribution < -0.4 is 25.0 Å². The fourth-order valence-corrected chi connectivity index (χ4v) is 5.60.